The molecule has 0 aliphatic rings. The van der Waals surface area contributed by atoms with Crippen LogP contribution in [0.3, 0.4) is 0 Å². The molecule has 0 aliphatic heterocycles. The zero-order valence-corrected chi connectivity index (χ0v) is 9.82. The zero-order chi connectivity index (χ0) is 0. The van der Waals surface area contributed by atoms with Gasteiger partial charge >= 0.3 is 0 Å². The molecule has 0 rings (SSSR count). The summed E-state index contributed by atoms with van der Waals surface area (Å²) >= 11 is 0. The molecule has 0 atom stereocenters. The number of hydrogen-bond acceptors (Lipinski definition) is 0. The first-order valence-electron chi connectivity index (χ1n) is 0. The maximum absolute atomic E-state index is 0. The van der Waals surface area contributed by atoms with Crippen molar-refractivity contribution in [3.63, 3.8) is 0 Å². The van der Waals surface area contributed by atoms with E-state index < -0.39 is 0 Å². The largest absolute Gasteiger partial charge is 0 e. The topological polar surface area (TPSA) is 0 Å². The molecule has 0 amide bonds. The average molecular weight is 196 g/mol. The predicted octanol–water partition coefficient (Wildman–Crippen LogP) is -0.116. The van der Waals surface area contributed by atoms with Crippen LogP contribution in [0.5, 0.6) is 0 Å². The average Bonchev–Trinajstić information content (AvgIpc) is 0. The summed E-state index contributed by atoms with van der Waals surface area (Å²) in [6.07, 6.45) is 0. The van der Waals surface area contributed by atoms with Crippen molar-refractivity contribution in [2.24, 2.45) is 0 Å². The van der Waals surface area contributed by atoms with Crippen LogP contribution in [0.2, 0.25) is 0 Å². The van der Waals surface area contributed by atoms with Crippen LogP contribution >= 0.6 is 13.5 Å². The molecule has 0 unspecified atom stereocenters. The van der Waals surface area contributed by atoms with Gasteiger partial charge in [0.15, 0.2) is 0 Å². The van der Waals surface area contributed by atoms with E-state index in [-0.39, 0.29) is 81.2 Å². The second-order valence-electron chi connectivity index (χ2n) is 0. The molecule has 0 N–H and O–H groups in total. The van der Waals surface area contributed by atoms with Crippen LogP contribution in [0, 0.1) is 0 Å². The van der Waals surface area contributed by atoms with Gasteiger partial charge in [-0.3, -0.25) is 0 Å². The Balaban J connectivity index is 0. The second kappa shape index (κ2) is 17.6. The van der Waals surface area contributed by atoms with Gasteiger partial charge in [-0.2, -0.15) is 0 Å². The van der Waals surface area contributed by atoms with E-state index in [4.69, 9.17) is 0 Å². The van der Waals surface area contributed by atoms with Gasteiger partial charge < -0.3 is 0 Å². The van der Waals surface area contributed by atoms with Crippen molar-refractivity contribution in [1.29, 1.82) is 0 Å². The van der Waals surface area contributed by atoms with Crippen LogP contribution in [-0.2, 0) is 27.3 Å². The zero-order valence-electron chi connectivity index (χ0n) is 2.40. The predicted molar refractivity (Wildman–Crippen MR) is 19.1 cm³/mol. The first-order valence-corrected chi connectivity index (χ1v) is 0. The molecule has 13 valence electrons. The summed E-state index contributed by atoms with van der Waals surface area (Å²) in [5.41, 5.74) is 0. The van der Waals surface area contributed by atoms with Crippen molar-refractivity contribution in [1.82, 2.24) is 0 Å². The molecule has 0 fully saturated rings. The van der Waals surface area contributed by atoms with E-state index in [1.165, 1.54) is 0 Å². The molecular weight excluding hydrogens is 196 g/mol. The van der Waals surface area contributed by atoms with E-state index in [1.807, 2.05) is 0 Å². The maximum Gasteiger partial charge on any atom is 0 e. The monoisotopic (exact) mass is 197 g/mol. The van der Waals surface area contributed by atoms with Crippen molar-refractivity contribution in [3.8, 4) is 0 Å². The molecule has 0 saturated heterocycles. The minimum absolute atomic E-state index is 0. The van der Waals surface area contributed by atoms with Crippen LogP contribution in [0.1, 0.15) is 0 Å². The van der Waals surface area contributed by atoms with E-state index in [9.17, 15) is 0 Å². The summed E-state index contributed by atoms with van der Waals surface area (Å²) in [4.78, 5) is 0. The Bertz CT molecular complexity index is 8.00. The Morgan fingerprint density at radius 2 is 1.00 bits per heavy atom. The molecule has 0 nitrogen and oxygen atoms in total. The van der Waals surface area contributed by atoms with Crippen molar-refractivity contribution < 1.29 is 27.3 Å². The standard InChI is InChI=1S/Al.Cd.Mg.S. The van der Waals surface area contributed by atoms with Gasteiger partial charge in [-0.05, 0) is 0 Å². The molecule has 0 aromatic heterocycles. The fraction of sp³-hybridized carbons (Fsp3) is 0. The Labute approximate surface area is 80.0 Å². The Morgan fingerprint density at radius 3 is 1.00 bits per heavy atom. The number of rotatable bonds is 0. The van der Waals surface area contributed by atoms with Gasteiger partial charge in [-0.25, -0.2) is 0 Å². The Kier molecular flexibility index (Phi) is 136. The molecule has 0 heterocycles. The Morgan fingerprint density at radius 1 is 1.00 bits per heavy atom. The molecule has 0 spiro atoms. The fourth-order valence-corrected chi connectivity index (χ4v) is 0. The van der Waals surface area contributed by atoms with Gasteiger partial charge in [-0.15, -0.1) is 0 Å². The summed E-state index contributed by atoms with van der Waals surface area (Å²) in [5, 5.41) is 0. The van der Waals surface area contributed by atoms with Gasteiger partial charge in [0.2, 0.25) is 0 Å². The van der Waals surface area contributed by atoms with Crippen molar-refractivity contribution >= 4 is 53.9 Å². The van der Waals surface area contributed by atoms with Crippen LogP contribution in [0.15, 0.2) is 0 Å². The van der Waals surface area contributed by atoms with E-state index in [1.54, 1.807) is 0 Å². The van der Waals surface area contributed by atoms with Gasteiger partial charge in [0, 0.05) is 81.2 Å². The van der Waals surface area contributed by atoms with Gasteiger partial charge in [0.05, 0.1) is 0 Å². The quantitative estimate of drug-likeness (QED) is 0.473. The molecule has 0 saturated carbocycles. The summed E-state index contributed by atoms with van der Waals surface area (Å²) in [6, 6.07) is 0. The van der Waals surface area contributed by atoms with Crippen LogP contribution in [-0.4, -0.2) is 40.4 Å². The maximum atomic E-state index is 0. The summed E-state index contributed by atoms with van der Waals surface area (Å²) in [5.74, 6) is 0. The summed E-state index contributed by atoms with van der Waals surface area (Å²) in [7, 11) is 0. The van der Waals surface area contributed by atoms with Crippen LogP contribution in [0.25, 0.3) is 0 Å². The Hall–Kier alpha value is 2.57. The van der Waals surface area contributed by atoms with E-state index in [0.717, 1.165) is 0 Å². The number of hydrogen-bond donors (Lipinski definition) is 0. The van der Waals surface area contributed by atoms with Gasteiger partial charge in [-0.1, -0.05) is 0 Å². The molecule has 0 aromatic carbocycles. The molecule has 7 radical (unpaired) electrons. The van der Waals surface area contributed by atoms with Crippen molar-refractivity contribution in [2.75, 3.05) is 0 Å². The first kappa shape index (κ1) is 30.9. The molecule has 0 aliphatic carbocycles. The molecule has 0 bridgehead atoms. The van der Waals surface area contributed by atoms with Crippen molar-refractivity contribution in [2.45, 2.75) is 0 Å². The van der Waals surface area contributed by atoms with E-state index in [0.29, 0.717) is 0 Å². The third-order valence-corrected chi connectivity index (χ3v) is 0. The third kappa shape index (κ3) is 8.82. The first-order chi connectivity index (χ1) is 0. The molecule has 0 aromatic rings. The van der Waals surface area contributed by atoms with Gasteiger partial charge in [0.25, 0.3) is 0 Å². The second-order valence-corrected chi connectivity index (χ2v) is 0. The summed E-state index contributed by atoms with van der Waals surface area (Å²) < 4.78 is 0. The normalized spacial score (nSPS) is 0. The smallest absolute Gasteiger partial charge is 0 e. The fourth-order valence-electron chi connectivity index (χ4n) is 0. The van der Waals surface area contributed by atoms with E-state index >= 15 is 0 Å². The minimum atomic E-state index is 0. The van der Waals surface area contributed by atoms with Gasteiger partial charge in [0.1, 0.15) is 0 Å². The van der Waals surface area contributed by atoms with Crippen LogP contribution in [0.4, 0.5) is 0 Å². The summed E-state index contributed by atoms with van der Waals surface area (Å²) in [6.45, 7) is 0. The molecule has 4 heavy (non-hydrogen) atoms. The SMILES string of the molecule is [Al].[Cd].[Mg].[S]. The molecule has 4 heteroatoms. The third-order valence-electron chi connectivity index (χ3n) is 0. The van der Waals surface area contributed by atoms with Crippen LogP contribution < -0.4 is 0 Å². The van der Waals surface area contributed by atoms with Crippen molar-refractivity contribution in [3.05, 3.63) is 0 Å². The van der Waals surface area contributed by atoms with E-state index in [2.05, 4.69) is 0 Å². The minimum Gasteiger partial charge on any atom is 0 e. The molecular formula is AlCdMgS.